The zero-order valence-corrected chi connectivity index (χ0v) is 12.8. The molecule has 7 heteroatoms. The molecule has 2 rings (SSSR count). The largest absolute Gasteiger partial charge is 0.353 e. The van der Waals surface area contributed by atoms with E-state index in [9.17, 15) is 18.0 Å². The van der Waals surface area contributed by atoms with Crippen molar-refractivity contribution in [3.63, 3.8) is 0 Å². The maximum absolute atomic E-state index is 12.7. The van der Waals surface area contributed by atoms with E-state index in [-0.39, 0.29) is 23.1 Å². The summed E-state index contributed by atoms with van der Waals surface area (Å²) >= 11 is 0. The molecule has 1 saturated heterocycles. The Kier molecular flexibility index (Phi) is 4.43. The van der Waals surface area contributed by atoms with Gasteiger partial charge in [0.05, 0.1) is 4.90 Å². The van der Waals surface area contributed by atoms with Gasteiger partial charge in [0.25, 0.3) is 0 Å². The molecule has 1 fully saturated rings. The number of piperazine rings is 1. The number of benzene rings is 1. The maximum Gasteiger partial charge on any atom is 0.243 e. The number of ketones is 1. The van der Waals surface area contributed by atoms with Crippen LogP contribution in [0.5, 0.6) is 0 Å². The molecule has 1 aliphatic rings. The number of hydrogen-bond acceptors (Lipinski definition) is 4. The minimum absolute atomic E-state index is 0.0448. The Morgan fingerprint density at radius 2 is 2.14 bits per heavy atom. The van der Waals surface area contributed by atoms with Gasteiger partial charge in [-0.05, 0) is 25.5 Å². The van der Waals surface area contributed by atoms with Crippen molar-refractivity contribution in [1.29, 1.82) is 0 Å². The van der Waals surface area contributed by atoms with Crippen LogP contribution >= 0.6 is 0 Å². The molecule has 0 saturated carbocycles. The number of rotatable bonds is 4. The lowest BCUT2D eigenvalue weighted by Crippen LogP contribution is -2.56. The second-order valence-corrected chi connectivity index (χ2v) is 6.81. The Morgan fingerprint density at radius 3 is 2.76 bits per heavy atom. The lowest BCUT2D eigenvalue weighted by atomic mass is 10.2. The van der Waals surface area contributed by atoms with Gasteiger partial charge in [0.2, 0.25) is 15.9 Å². The van der Waals surface area contributed by atoms with Crippen LogP contribution in [0.3, 0.4) is 0 Å². The Hall–Kier alpha value is -1.73. The van der Waals surface area contributed by atoms with E-state index in [1.807, 2.05) is 0 Å². The number of amides is 1. The van der Waals surface area contributed by atoms with E-state index in [1.165, 1.54) is 29.4 Å². The van der Waals surface area contributed by atoms with Crippen molar-refractivity contribution in [3.8, 4) is 0 Å². The summed E-state index contributed by atoms with van der Waals surface area (Å²) in [5.41, 5.74) is 0.339. The minimum Gasteiger partial charge on any atom is -0.353 e. The molecule has 1 aromatic rings. The molecule has 1 atom stereocenters. The van der Waals surface area contributed by atoms with Gasteiger partial charge >= 0.3 is 0 Å². The van der Waals surface area contributed by atoms with Gasteiger partial charge in [-0.15, -0.1) is 0 Å². The zero-order valence-electron chi connectivity index (χ0n) is 12.0. The van der Waals surface area contributed by atoms with Crippen molar-refractivity contribution < 1.29 is 18.0 Å². The highest BCUT2D eigenvalue weighted by Gasteiger charge is 2.37. The second kappa shape index (κ2) is 5.95. The van der Waals surface area contributed by atoms with Gasteiger partial charge in [-0.25, -0.2) is 8.42 Å². The Bertz CT molecular complexity index is 669. The van der Waals surface area contributed by atoms with Crippen LogP contribution in [0, 0.1) is 0 Å². The van der Waals surface area contributed by atoms with Crippen LogP contribution < -0.4 is 5.32 Å². The van der Waals surface area contributed by atoms with Crippen molar-refractivity contribution in [1.82, 2.24) is 9.62 Å². The summed E-state index contributed by atoms with van der Waals surface area (Å²) in [5.74, 6) is -0.481. The highest BCUT2D eigenvalue weighted by atomic mass is 32.2. The number of carbonyl (C=O) groups is 2. The van der Waals surface area contributed by atoms with Gasteiger partial charge in [0, 0.05) is 18.7 Å². The Morgan fingerprint density at radius 1 is 1.43 bits per heavy atom. The van der Waals surface area contributed by atoms with Crippen molar-refractivity contribution in [3.05, 3.63) is 29.8 Å². The van der Waals surface area contributed by atoms with E-state index in [1.54, 1.807) is 13.0 Å². The smallest absolute Gasteiger partial charge is 0.243 e. The molecule has 21 heavy (non-hydrogen) atoms. The summed E-state index contributed by atoms with van der Waals surface area (Å²) in [6.07, 6.45) is 0.400. The number of nitrogens with one attached hydrogen (secondary N) is 1. The van der Waals surface area contributed by atoms with Gasteiger partial charge in [-0.2, -0.15) is 4.31 Å². The predicted molar refractivity (Wildman–Crippen MR) is 77.4 cm³/mol. The standard InChI is InChI=1S/C14H18N2O4S/c1-3-13-14(18)15-7-8-16(13)21(19,20)12-6-4-5-11(9-12)10(2)17/h4-6,9,13H,3,7-8H2,1-2H3,(H,15,18). The lowest BCUT2D eigenvalue weighted by Gasteiger charge is -2.33. The van der Waals surface area contributed by atoms with Gasteiger partial charge in [-0.3, -0.25) is 9.59 Å². The lowest BCUT2D eigenvalue weighted by molar-refractivity contribution is -0.126. The Balaban J connectivity index is 2.43. The van der Waals surface area contributed by atoms with Gasteiger partial charge in [0.1, 0.15) is 6.04 Å². The fraction of sp³-hybridized carbons (Fsp3) is 0.429. The van der Waals surface area contributed by atoms with Crippen LogP contribution in [0.15, 0.2) is 29.2 Å². The monoisotopic (exact) mass is 310 g/mol. The number of hydrogen-bond donors (Lipinski definition) is 1. The summed E-state index contributed by atoms with van der Waals surface area (Å²) in [5, 5.41) is 2.67. The van der Waals surface area contributed by atoms with Crippen LogP contribution in [0.1, 0.15) is 30.6 Å². The van der Waals surface area contributed by atoms with Crippen molar-refractivity contribution >= 4 is 21.7 Å². The first-order valence-corrected chi connectivity index (χ1v) is 8.22. The topological polar surface area (TPSA) is 83.6 Å². The average molecular weight is 310 g/mol. The first kappa shape index (κ1) is 15.7. The third-order valence-electron chi connectivity index (χ3n) is 3.52. The Labute approximate surface area is 124 Å². The summed E-state index contributed by atoms with van der Waals surface area (Å²) in [6.45, 7) is 3.68. The molecule has 6 nitrogen and oxygen atoms in total. The summed E-state index contributed by atoms with van der Waals surface area (Å²) in [6, 6.07) is 5.21. The third kappa shape index (κ3) is 2.98. The predicted octanol–water partition coefficient (Wildman–Crippen LogP) is 0.788. The van der Waals surface area contributed by atoms with E-state index in [0.717, 1.165) is 0 Å². The molecule has 1 N–H and O–H groups in total. The zero-order chi connectivity index (χ0) is 15.6. The second-order valence-electron chi connectivity index (χ2n) is 4.91. The summed E-state index contributed by atoms with van der Waals surface area (Å²) < 4.78 is 26.6. The third-order valence-corrected chi connectivity index (χ3v) is 5.42. The molecule has 1 amide bonds. The quantitative estimate of drug-likeness (QED) is 0.833. The molecule has 1 heterocycles. The molecule has 114 valence electrons. The molecule has 0 spiro atoms. The van der Waals surface area contributed by atoms with E-state index in [2.05, 4.69) is 5.32 Å². The summed E-state index contributed by atoms with van der Waals surface area (Å²) in [4.78, 5) is 23.3. The van der Waals surface area contributed by atoms with Gasteiger partial charge in [-0.1, -0.05) is 19.1 Å². The first-order chi connectivity index (χ1) is 9.87. The first-order valence-electron chi connectivity index (χ1n) is 6.78. The van der Waals surface area contributed by atoms with Crippen molar-refractivity contribution in [2.45, 2.75) is 31.2 Å². The van der Waals surface area contributed by atoms with Crippen LogP contribution in [-0.4, -0.2) is 43.5 Å². The number of nitrogens with zero attached hydrogens (tertiary/aromatic N) is 1. The van der Waals surface area contributed by atoms with E-state index < -0.39 is 16.1 Å². The highest BCUT2D eigenvalue weighted by molar-refractivity contribution is 7.89. The molecule has 0 bridgehead atoms. The fourth-order valence-electron chi connectivity index (χ4n) is 2.38. The molecule has 0 aromatic heterocycles. The van der Waals surface area contributed by atoms with Gasteiger partial charge < -0.3 is 5.32 Å². The average Bonchev–Trinajstić information content (AvgIpc) is 2.47. The molecule has 0 radical (unpaired) electrons. The molecule has 1 aliphatic heterocycles. The molecular weight excluding hydrogens is 292 g/mol. The normalized spacial score (nSPS) is 20.1. The van der Waals surface area contributed by atoms with Crippen LogP contribution in [0.2, 0.25) is 0 Å². The van der Waals surface area contributed by atoms with Crippen molar-refractivity contribution in [2.75, 3.05) is 13.1 Å². The van der Waals surface area contributed by atoms with Crippen LogP contribution in [0.25, 0.3) is 0 Å². The van der Waals surface area contributed by atoms with E-state index in [4.69, 9.17) is 0 Å². The number of Topliss-reactive ketones (excluding diaryl/α,β-unsaturated/α-hetero) is 1. The molecule has 1 aromatic carbocycles. The molecular formula is C14H18N2O4S. The van der Waals surface area contributed by atoms with Crippen molar-refractivity contribution in [2.24, 2.45) is 0 Å². The minimum atomic E-state index is -3.79. The molecule has 0 aliphatic carbocycles. The fourth-order valence-corrected chi connectivity index (χ4v) is 4.09. The maximum atomic E-state index is 12.7. The summed E-state index contributed by atoms with van der Waals surface area (Å²) in [7, 11) is -3.79. The number of carbonyl (C=O) groups excluding carboxylic acids is 2. The van der Waals surface area contributed by atoms with E-state index in [0.29, 0.717) is 18.5 Å². The van der Waals surface area contributed by atoms with Crippen LogP contribution in [-0.2, 0) is 14.8 Å². The van der Waals surface area contributed by atoms with Gasteiger partial charge in [0.15, 0.2) is 5.78 Å². The highest BCUT2D eigenvalue weighted by Crippen LogP contribution is 2.22. The number of sulfonamides is 1. The van der Waals surface area contributed by atoms with E-state index >= 15 is 0 Å². The molecule has 1 unspecified atom stereocenters. The SMILES string of the molecule is CCC1C(=O)NCCN1S(=O)(=O)c1cccc(C(C)=O)c1. The van der Waals surface area contributed by atoms with Crippen LogP contribution in [0.4, 0.5) is 0 Å².